The van der Waals surface area contributed by atoms with Crippen molar-refractivity contribution in [2.75, 3.05) is 7.11 Å². The molecule has 0 spiro atoms. The summed E-state index contributed by atoms with van der Waals surface area (Å²) in [6.45, 7) is 14.2. The van der Waals surface area contributed by atoms with E-state index in [4.69, 9.17) is 10.1 Å². The zero-order valence-corrected chi connectivity index (χ0v) is 20.5. The van der Waals surface area contributed by atoms with Gasteiger partial charge in [0.2, 0.25) is 0 Å². The molecular weight excluding hydrogens is 452 g/mol. The van der Waals surface area contributed by atoms with Crippen LogP contribution in [0, 0.1) is 0 Å². The molecule has 0 saturated heterocycles. The molecule has 0 fully saturated rings. The van der Waals surface area contributed by atoms with Gasteiger partial charge >= 0.3 is 27.0 Å². The number of hydrogen-bond acceptors (Lipinski definition) is 3. The molecule has 0 aliphatic carbocycles. The second kappa shape index (κ2) is 12.1. The summed E-state index contributed by atoms with van der Waals surface area (Å²) in [6.07, 6.45) is 2.92. The summed E-state index contributed by atoms with van der Waals surface area (Å²) in [5.41, 5.74) is 3.12. The zero-order valence-electron chi connectivity index (χ0n) is 16.8. The van der Waals surface area contributed by atoms with Crippen molar-refractivity contribution in [1.29, 1.82) is 0 Å². The first-order valence-corrected chi connectivity index (χ1v) is 12.6. The van der Waals surface area contributed by atoms with E-state index in [1.165, 1.54) is 5.69 Å². The van der Waals surface area contributed by atoms with Gasteiger partial charge in [-0.1, -0.05) is 12.1 Å². The molecule has 2 aromatic heterocycles. The van der Waals surface area contributed by atoms with Crippen LogP contribution >= 0.6 is 17.6 Å². The van der Waals surface area contributed by atoms with E-state index in [1.807, 2.05) is 30.5 Å². The van der Waals surface area contributed by atoms with Gasteiger partial charge in [-0.25, -0.2) is 4.98 Å². The summed E-state index contributed by atoms with van der Waals surface area (Å²) in [6, 6.07) is 12.3. The number of aliphatic hydroxyl groups is 1. The molecule has 0 aliphatic heterocycles. The zero-order chi connectivity index (χ0) is 20.4. The molecule has 6 heteroatoms. The van der Waals surface area contributed by atoms with Gasteiger partial charge in [-0.15, -0.1) is 0 Å². The standard InChI is InChI=1S/C19H27N2P.CH4O.ClH.Ru.H/c1-18(2,3)22(19(4,5)6)14-15-10-9-12-17(21-15)16-11-7-8-13-20-16;1-2;;;/h7-13H,14H2,1-6H3;2H,1H3;1H;;/q;;;+1;. The Morgan fingerprint density at radius 3 is 1.88 bits per heavy atom. The predicted molar refractivity (Wildman–Crippen MR) is 114 cm³/mol. The van der Waals surface area contributed by atoms with E-state index in [-0.39, 0.29) is 0 Å². The Morgan fingerprint density at radius 2 is 1.42 bits per heavy atom. The van der Waals surface area contributed by atoms with Gasteiger partial charge < -0.3 is 5.11 Å². The Kier molecular flexibility index (Phi) is 12.0. The van der Waals surface area contributed by atoms with Crippen LogP contribution < -0.4 is 0 Å². The summed E-state index contributed by atoms with van der Waals surface area (Å²) < 4.78 is 0. The third kappa shape index (κ3) is 8.53. The number of pyridine rings is 2. The predicted octanol–water partition coefficient (Wildman–Crippen LogP) is 5.48. The van der Waals surface area contributed by atoms with Crippen LogP contribution in [-0.2, 0) is 23.5 Å². The molecule has 148 valence electrons. The molecule has 3 nitrogen and oxygen atoms in total. The van der Waals surface area contributed by atoms with Crippen LogP contribution in [0.4, 0.5) is 0 Å². The van der Waals surface area contributed by atoms with Gasteiger partial charge in [0.25, 0.3) is 0 Å². The summed E-state index contributed by atoms with van der Waals surface area (Å²) >= 11 is 1.62. The van der Waals surface area contributed by atoms with E-state index in [1.54, 1.807) is 17.3 Å². The van der Waals surface area contributed by atoms with E-state index in [2.05, 4.69) is 68.4 Å². The van der Waals surface area contributed by atoms with Gasteiger partial charge in [0.1, 0.15) is 6.16 Å². The topological polar surface area (TPSA) is 46.0 Å². The summed E-state index contributed by atoms with van der Waals surface area (Å²) in [5.74, 6) is 0. The minimum absolute atomic E-state index is 0.353. The Balaban J connectivity index is 0.00000146. The molecule has 0 radical (unpaired) electrons. The van der Waals surface area contributed by atoms with E-state index < -0.39 is 7.92 Å². The van der Waals surface area contributed by atoms with E-state index >= 15 is 0 Å². The minimum atomic E-state index is -0.609. The number of hydrogen-bond donors (Lipinski definition) is 1. The molecular formula is C20H33ClN2OPRu+. The fourth-order valence-electron chi connectivity index (χ4n) is 3.07. The van der Waals surface area contributed by atoms with Gasteiger partial charge in [-0.3, -0.25) is 4.98 Å². The molecule has 0 amide bonds. The van der Waals surface area contributed by atoms with Crippen LogP contribution in [-0.4, -0.2) is 32.5 Å². The average molecular weight is 485 g/mol. The van der Waals surface area contributed by atoms with Crippen LogP contribution in [0.1, 0.15) is 47.2 Å². The molecule has 0 aromatic carbocycles. The molecule has 2 rings (SSSR count). The van der Waals surface area contributed by atoms with Crippen LogP contribution in [0.15, 0.2) is 42.6 Å². The maximum absolute atomic E-state index is 7.00. The second-order valence-electron chi connectivity index (χ2n) is 7.88. The van der Waals surface area contributed by atoms with E-state index in [9.17, 15) is 0 Å². The Hall–Kier alpha value is -0.397. The molecule has 2 heterocycles. The van der Waals surface area contributed by atoms with Crippen molar-refractivity contribution in [3.63, 3.8) is 0 Å². The number of halogens is 1. The van der Waals surface area contributed by atoms with Crippen LogP contribution in [0.25, 0.3) is 11.4 Å². The van der Waals surface area contributed by atoms with Gasteiger partial charge in [0.15, 0.2) is 0 Å². The first kappa shape index (κ1) is 25.6. The molecule has 0 aliphatic rings. The SMILES string of the molecule is CC(C)(C)[PH+](Cc1cccc(-c2ccccn2)n1)C(C)(C)C.CO.[Cl][RuH]. The van der Waals surface area contributed by atoms with Crippen LogP contribution in [0.3, 0.4) is 0 Å². The van der Waals surface area contributed by atoms with E-state index in [0.29, 0.717) is 10.3 Å². The van der Waals surface area contributed by atoms with Gasteiger partial charge in [-0.2, -0.15) is 0 Å². The second-order valence-corrected chi connectivity index (χ2v) is 12.2. The van der Waals surface area contributed by atoms with Crippen LogP contribution in [0.5, 0.6) is 0 Å². The molecule has 0 saturated carbocycles. The van der Waals surface area contributed by atoms with Gasteiger partial charge in [0.05, 0.1) is 27.4 Å². The van der Waals surface area contributed by atoms with Crippen molar-refractivity contribution < 1.29 is 22.4 Å². The summed E-state index contributed by atoms with van der Waals surface area (Å²) in [7, 11) is 5.00. The average Bonchev–Trinajstić information content (AvgIpc) is 2.62. The summed E-state index contributed by atoms with van der Waals surface area (Å²) in [4.78, 5) is 9.29. The van der Waals surface area contributed by atoms with Crippen molar-refractivity contribution >= 4 is 17.6 Å². The van der Waals surface area contributed by atoms with Crippen molar-refractivity contribution in [3.8, 4) is 11.4 Å². The van der Waals surface area contributed by atoms with Gasteiger partial charge in [0, 0.05) is 21.2 Å². The Morgan fingerprint density at radius 1 is 0.885 bits per heavy atom. The third-order valence-corrected chi connectivity index (χ3v) is 8.24. The fourth-order valence-corrected chi connectivity index (χ4v) is 6.94. The Labute approximate surface area is 174 Å². The normalized spacial score (nSPS) is 11.2. The van der Waals surface area contributed by atoms with Crippen molar-refractivity contribution in [2.45, 2.75) is 58.0 Å². The number of aromatic nitrogens is 2. The molecule has 0 unspecified atom stereocenters. The number of nitrogens with zero attached hydrogens (tertiary/aromatic N) is 2. The van der Waals surface area contributed by atoms with Crippen LogP contribution in [0.2, 0.25) is 0 Å². The first-order chi connectivity index (χ1) is 12.2. The summed E-state index contributed by atoms with van der Waals surface area (Å²) in [5, 5.41) is 7.71. The third-order valence-electron chi connectivity index (χ3n) is 3.90. The van der Waals surface area contributed by atoms with E-state index in [0.717, 1.165) is 24.7 Å². The molecule has 26 heavy (non-hydrogen) atoms. The quantitative estimate of drug-likeness (QED) is 0.463. The fraction of sp³-hybridized carbons (Fsp3) is 0.500. The molecule has 0 bridgehead atoms. The Bertz CT molecular complexity index is 614. The molecule has 0 atom stereocenters. The number of aliphatic hydroxyl groups excluding tert-OH is 1. The molecule has 2 aromatic rings. The van der Waals surface area contributed by atoms with Crippen molar-refractivity contribution in [3.05, 3.63) is 48.3 Å². The number of rotatable bonds is 3. The van der Waals surface area contributed by atoms with Gasteiger partial charge in [-0.05, 0) is 65.8 Å². The monoisotopic (exact) mass is 485 g/mol. The molecule has 1 N–H and O–H groups in total. The first-order valence-electron chi connectivity index (χ1n) is 8.51. The maximum atomic E-state index is 7.00. The van der Waals surface area contributed by atoms with Crippen molar-refractivity contribution in [1.82, 2.24) is 9.97 Å². The van der Waals surface area contributed by atoms with Crippen molar-refractivity contribution in [2.24, 2.45) is 0 Å².